The summed E-state index contributed by atoms with van der Waals surface area (Å²) in [6.07, 6.45) is 2.69. The molecular weight excluding hydrogens is 376 g/mol. The third-order valence-corrected chi connectivity index (χ3v) is 5.53. The minimum Gasteiger partial charge on any atom is -0.473 e. The largest absolute Gasteiger partial charge is 0.473 e. The van der Waals surface area contributed by atoms with Crippen LogP contribution in [-0.4, -0.2) is 48.7 Å². The van der Waals surface area contributed by atoms with E-state index in [0.717, 1.165) is 29.2 Å². The van der Waals surface area contributed by atoms with E-state index in [2.05, 4.69) is 25.8 Å². The molecule has 9 heteroatoms. The second-order valence-electron chi connectivity index (χ2n) is 6.48. The highest BCUT2D eigenvalue weighted by molar-refractivity contribution is 7.99. The molecule has 1 N–H and O–H groups in total. The number of rotatable bonds is 6. The molecule has 144 valence electrons. The first-order chi connectivity index (χ1) is 13.7. The summed E-state index contributed by atoms with van der Waals surface area (Å²) >= 11 is 1.85. The molecule has 0 saturated carbocycles. The summed E-state index contributed by atoms with van der Waals surface area (Å²) in [4.78, 5) is 17.0. The zero-order valence-electron chi connectivity index (χ0n) is 15.4. The number of benzene rings is 1. The SMILES string of the molecule is Cc1ccc(-n2nnnc2CNC(=O)c2cccnc2O[C@@H]2CCSC2)cc1. The van der Waals surface area contributed by atoms with Crippen LogP contribution in [0.25, 0.3) is 5.69 Å². The average Bonchev–Trinajstić information content (AvgIpc) is 3.39. The smallest absolute Gasteiger partial charge is 0.257 e. The maximum Gasteiger partial charge on any atom is 0.257 e. The van der Waals surface area contributed by atoms with Gasteiger partial charge in [0.1, 0.15) is 11.7 Å². The van der Waals surface area contributed by atoms with Crippen LogP contribution in [0.2, 0.25) is 0 Å². The topological polar surface area (TPSA) is 94.8 Å². The molecule has 1 amide bonds. The Kier molecular flexibility index (Phi) is 5.52. The van der Waals surface area contributed by atoms with Gasteiger partial charge in [-0.2, -0.15) is 16.4 Å². The standard InChI is InChI=1S/C19H20N6O2S/c1-13-4-6-14(7-5-13)25-17(22-23-24-25)11-21-18(26)16-3-2-9-20-19(16)27-15-8-10-28-12-15/h2-7,9,15H,8,10-12H2,1H3,(H,21,26)/t15-/m1/s1. The fraction of sp³-hybridized carbons (Fsp3) is 0.316. The van der Waals surface area contributed by atoms with Crippen molar-refractivity contribution in [3.63, 3.8) is 0 Å². The Labute approximate surface area is 166 Å². The summed E-state index contributed by atoms with van der Waals surface area (Å²) in [5.41, 5.74) is 2.40. The Hall–Kier alpha value is -2.94. The molecule has 0 spiro atoms. The molecule has 1 aromatic carbocycles. The minimum absolute atomic E-state index is 0.0975. The maximum atomic E-state index is 12.7. The van der Waals surface area contributed by atoms with Crippen molar-refractivity contribution in [1.82, 2.24) is 30.5 Å². The van der Waals surface area contributed by atoms with Crippen molar-refractivity contribution in [2.24, 2.45) is 0 Å². The van der Waals surface area contributed by atoms with Crippen molar-refractivity contribution in [3.05, 3.63) is 59.5 Å². The van der Waals surface area contributed by atoms with Crippen LogP contribution in [0.1, 0.15) is 28.2 Å². The van der Waals surface area contributed by atoms with Gasteiger partial charge >= 0.3 is 0 Å². The highest BCUT2D eigenvalue weighted by Crippen LogP contribution is 2.24. The van der Waals surface area contributed by atoms with Crippen molar-refractivity contribution in [2.75, 3.05) is 11.5 Å². The van der Waals surface area contributed by atoms with Crippen molar-refractivity contribution in [1.29, 1.82) is 0 Å². The number of hydrogen-bond acceptors (Lipinski definition) is 7. The summed E-state index contributed by atoms with van der Waals surface area (Å²) in [5, 5.41) is 14.6. The van der Waals surface area contributed by atoms with Crippen LogP contribution in [0.5, 0.6) is 5.88 Å². The molecule has 0 aliphatic carbocycles. The van der Waals surface area contributed by atoms with E-state index in [1.165, 1.54) is 0 Å². The quantitative estimate of drug-likeness (QED) is 0.682. The normalized spacial score (nSPS) is 16.1. The van der Waals surface area contributed by atoms with Crippen LogP contribution in [0, 0.1) is 6.92 Å². The molecule has 0 radical (unpaired) electrons. The number of nitrogens with one attached hydrogen (secondary N) is 1. The molecule has 1 fully saturated rings. The number of aryl methyl sites for hydroxylation is 1. The van der Waals surface area contributed by atoms with Crippen molar-refractivity contribution >= 4 is 17.7 Å². The van der Waals surface area contributed by atoms with Crippen molar-refractivity contribution in [3.8, 4) is 11.6 Å². The Balaban J connectivity index is 1.46. The number of tetrazole rings is 1. The second kappa shape index (κ2) is 8.39. The van der Waals surface area contributed by atoms with Crippen LogP contribution < -0.4 is 10.1 Å². The van der Waals surface area contributed by atoms with Crippen LogP contribution in [0.4, 0.5) is 0 Å². The number of nitrogens with zero attached hydrogens (tertiary/aromatic N) is 5. The predicted molar refractivity (Wildman–Crippen MR) is 106 cm³/mol. The molecule has 1 saturated heterocycles. The summed E-state index contributed by atoms with van der Waals surface area (Å²) < 4.78 is 7.54. The van der Waals surface area contributed by atoms with E-state index >= 15 is 0 Å². The molecule has 3 heterocycles. The van der Waals surface area contributed by atoms with Gasteiger partial charge in [-0.1, -0.05) is 17.7 Å². The Morgan fingerprint density at radius 2 is 2.18 bits per heavy atom. The summed E-state index contributed by atoms with van der Waals surface area (Å²) in [5.74, 6) is 2.62. The van der Waals surface area contributed by atoms with E-state index in [4.69, 9.17) is 4.74 Å². The minimum atomic E-state index is -0.271. The van der Waals surface area contributed by atoms with Gasteiger partial charge < -0.3 is 10.1 Å². The maximum absolute atomic E-state index is 12.7. The molecular formula is C19H20N6O2S. The van der Waals surface area contributed by atoms with Gasteiger partial charge in [-0.05, 0) is 53.8 Å². The van der Waals surface area contributed by atoms with Crippen LogP contribution in [0.15, 0.2) is 42.6 Å². The molecule has 1 aliphatic rings. The number of amides is 1. The number of hydrogen-bond donors (Lipinski definition) is 1. The third-order valence-electron chi connectivity index (χ3n) is 4.40. The zero-order valence-corrected chi connectivity index (χ0v) is 16.2. The van der Waals surface area contributed by atoms with Gasteiger partial charge in [0.2, 0.25) is 5.88 Å². The van der Waals surface area contributed by atoms with Crippen molar-refractivity contribution in [2.45, 2.75) is 26.0 Å². The van der Waals surface area contributed by atoms with E-state index in [0.29, 0.717) is 17.3 Å². The first-order valence-electron chi connectivity index (χ1n) is 9.02. The molecule has 1 aliphatic heterocycles. The number of aromatic nitrogens is 5. The van der Waals surface area contributed by atoms with Gasteiger partial charge in [-0.25, -0.2) is 4.98 Å². The summed E-state index contributed by atoms with van der Waals surface area (Å²) in [6, 6.07) is 11.3. The molecule has 4 rings (SSSR count). The molecule has 0 bridgehead atoms. The highest BCUT2D eigenvalue weighted by Gasteiger charge is 2.21. The van der Waals surface area contributed by atoms with Gasteiger partial charge in [0.15, 0.2) is 5.82 Å². The van der Waals surface area contributed by atoms with Gasteiger partial charge in [-0.3, -0.25) is 4.79 Å². The predicted octanol–water partition coefficient (Wildman–Crippen LogP) is 2.18. The van der Waals surface area contributed by atoms with Crippen LogP contribution in [0.3, 0.4) is 0 Å². The van der Waals surface area contributed by atoms with E-state index in [1.54, 1.807) is 23.0 Å². The van der Waals surface area contributed by atoms with E-state index in [9.17, 15) is 4.79 Å². The lowest BCUT2D eigenvalue weighted by Crippen LogP contribution is -2.26. The lowest BCUT2D eigenvalue weighted by atomic mass is 10.2. The number of carbonyl (C=O) groups is 1. The van der Waals surface area contributed by atoms with Gasteiger partial charge in [0.25, 0.3) is 5.91 Å². The molecule has 0 unspecified atom stereocenters. The number of ether oxygens (including phenoxy) is 1. The lowest BCUT2D eigenvalue weighted by molar-refractivity contribution is 0.0942. The molecule has 2 aromatic heterocycles. The Bertz CT molecular complexity index is 953. The molecule has 1 atom stereocenters. The molecule has 28 heavy (non-hydrogen) atoms. The second-order valence-corrected chi connectivity index (χ2v) is 7.63. The van der Waals surface area contributed by atoms with E-state index < -0.39 is 0 Å². The monoisotopic (exact) mass is 396 g/mol. The fourth-order valence-corrected chi connectivity index (χ4v) is 3.97. The number of thioether (sulfide) groups is 1. The number of pyridine rings is 1. The molecule has 3 aromatic rings. The van der Waals surface area contributed by atoms with Crippen LogP contribution >= 0.6 is 11.8 Å². The summed E-state index contributed by atoms with van der Waals surface area (Å²) in [7, 11) is 0. The van der Waals surface area contributed by atoms with Crippen LogP contribution in [-0.2, 0) is 6.54 Å². The Morgan fingerprint density at radius 3 is 2.96 bits per heavy atom. The Morgan fingerprint density at radius 1 is 1.32 bits per heavy atom. The average molecular weight is 396 g/mol. The zero-order chi connectivity index (χ0) is 19.3. The first kappa shape index (κ1) is 18.4. The number of carbonyl (C=O) groups excluding carboxylic acids is 1. The van der Waals surface area contributed by atoms with E-state index in [1.807, 2.05) is 43.0 Å². The first-order valence-corrected chi connectivity index (χ1v) is 10.2. The lowest BCUT2D eigenvalue weighted by Gasteiger charge is -2.14. The molecule has 8 nitrogen and oxygen atoms in total. The van der Waals surface area contributed by atoms with Gasteiger partial charge in [0, 0.05) is 11.9 Å². The fourth-order valence-electron chi connectivity index (χ4n) is 2.88. The van der Waals surface area contributed by atoms with E-state index in [-0.39, 0.29) is 18.6 Å². The van der Waals surface area contributed by atoms with Gasteiger partial charge in [0.05, 0.1) is 12.2 Å². The summed E-state index contributed by atoms with van der Waals surface area (Å²) in [6.45, 7) is 2.20. The third kappa shape index (κ3) is 4.14. The van der Waals surface area contributed by atoms with Crippen molar-refractivity contribution < 1.29 is 9.53 Å². The van der Waals surface area contributed by atoms with Gasteiger partial charge in [-0.15, -0.1) is 5.10 Å². The highest BCUT2D eigenvalue weighted by atomic mass is 32.2.